The summed E-state index contributed by atoms with van der Waals surface area (Å²) in [5, 5.41) is 27.2. The van der Waals surface area contributed by atoms with Crippen LogP contribution in [0.3, 0.4) is 0 Å². The van der Waals surface area contributed by atoms with Gasteiger partial charge in [-0.05, 0) is 46.9 Å². The van der Waals surface area contributed by atoms with Crippen molar-refractivity contribution in [2.24, 2.45) is 0 Å². The molecule has 3 aromatic carbocycles. The first-order valence-electron chi connectivity index (χ1n) is 9.39. The van der Waals surface area contributed by atoms with Crippen LogP contribution in [0.1, 0.15) is 41.6 Å². The number of hydrogen-bond donors (Lipinski definition) is 3. The van der Waals surface area contributed by atoms with Crippen LogP contribution >= 0.6 is 0 Å². The number of rotatable bonds is 2. The van der Waals surface area contributed by atoms with Crippen molar-refractivity contribution >= 4 is 10.8 Å². The minimum atomic E-state index is -0.148. The SMILES string of the molecule is Oc1ccc2ccc(O)c3c2c1C(C1=CCCC=C1)N[C@H]3c1ccccc1. The highest BCUT2D eigenvalue weighted by Gasteiger charge is 2.34. The molecule has 3 N–H and O–H groups in total. The summed E-state index contributed by atoms with van der Waals surface area (Å²) in [4.78, 5) is 0. The van der Waals surface area contributed by atoms with Crippen LogP contribution in [0.5, 0.6) is 11.5 Å². The summed E-state index contributed by atoms with van der Waals surface area (Å²) >= 11 is 0. The molecule has 3 aromatic rings. The van der Waals surface area contributed by atoms with Crippen molar-refractivity contribution in [2.45, 2.75) is 24.9 Å². The van der Waals surface area contributed by atoms with E-state index in [0.717, 1.165) is 40.3 Å². The lowest BCUT2D eigenvalue weighted by Gasteiger charge is -2.36. The third kappa shape index (κ3) is 2.54. The van der Waals surface area contributed by atoms with E-state index in [9.17, 15) is 10.2 Å². The lowest BCUT2D eigenvalue weighted by Crippen LogP contribution is -2.32. The third-order valence-electron chi connectivity index (χ3n) is 5.62. The second-order valence-corrected chi connectivity index (χ2v) is 7.22. The molecule has 0 bridgehead atoms. The normalized spacial score (nSPS) is 21.3. The lowest BCUT2D eigenvalue weighted by atomic mass is 9.80. The van der Waals surface area contributed by atoms with Gasteiger partial charge in [-0.2, -0.15) is 0 Å². The Morgan fingerprint density at radius 3 is 2.15 bits per heavy atom. The highest BCUT2D eigenvalue weighted by molar-refractivity contribution is 5.95. The van der Waals surface area contributed by atoms with E-state index in [1.165, 1.54) is 5.57 Å². The molecule has 2 aliphatic rings. The molecule has 1 heterocycles. The smallest absolute Gasteiger partial charge is 0.121 e. The Bertz CT molecular complexity index is 1080. The quantitative estimate of drug-likeness (QED) is 0.588. The predicted octanol–water partition coefficient (Wildman–Crippen LogP) is 5.26. The molecular weight excluding hydrogens is 334 g/mol. The van der Waals surface area contributed by atoms with Crippen molar-refractivity contribution < 1.29 is 10.2 Å². The number of allylic oxidation sites excluding steroid dienone is 2. The van der Waals surface area contributed by atoms with Gasteiger partial charge in [0.15, 0.2) is 0 Å². The van der Waals surface area contributed by atoms with E-state index in [2.05, 4.69) is 35.7 Å². The molecule has 0 amide bonds. The highest BCUT2D eigenvalue weighted by atomic mass is 16.3. The van der Waals surface area contributed by atoms with Crippen LogP contribution in [0.2, 0.25) is 0 Å². The fraction of sp³-hybridized carbons (Fsp3) is 0.167. The summed E-state index contributed by atoms with van der Waals surface area (Å²) in [5.74, 6) is 0.514. The van der Waals surface area contributed by atoms with Gasteiger partial charge in [-0.25, -0.2) is 0 Å². The largest absolute Gasteiger partial charge is 0.508 e. The molecule has 5 rings (SSSR count). The van der Waals surface area contributed by atoms with E-state index in [4.69, 9.17) is 0 Å². The molecule has 1 aliphatic carbocycles. The molecule has 27 heavy (non-hydrogen) atoms. The minimum Gasteiger partial charge on any atom is -0.508 e. The van der Waals surface area contributed by atoms with Crippen molar-refractivity contribution in [1.82, 2.24) is 5.32 Å². The van der Waals surface area contributed by atoms with Gasteiger partial charge < -0.3 is 10.2 Å². The van der Waals surface area contributed by atoms with Crippen LogP contribution in [0.25, 0.3) is 10.8 Å². The summed E-state index contributed by atoms with van der Waals surface area (Å²) in [6, 6.07) is 17.3. The van der Waals surface area contributed by atoms with Gasteiger partial charge in [0.05, 0.1) is 12.1 Å². The van der Waals surface area contributed by atoms with Crippen LogP contribution in [0.15, 0.2) is 78.4 Å². The fourth-order valence-corrected chi connectivity index (χ4v) is 4.39. The van der Waals surface area contributed by atoms with Gasteiger partial charge in [0, 0.05) is 11.1 Å². The molecule has 0 saturated carbocycles. The number of phenols is 2. The number of phenolic OH excluding ortho intramolecular Hbond substituents is 2. The zero-order valence-corrected chi connectivity index (χ0v) is 14.9. The molecule has 3 heteroatoms. The Morgan fingerprint density at radius 1 is 0.778 bits per heavy atom. The van der Waals surface area contributed by atoms with E-state index >= 15 is 0 Å². The van der Waals surface area contributed by atoms with Gasteiger partial charge in [0.25, 0.3) is 0 Å². The number of hydrogen-bond acceptors (Lipinski definition) is 3. The molecule has 3 nitrogen and oxygen atoms in total. The minimum absolute atomic E-state index is 0.121. The van der Waals surface area contributed by atoms with E-state index in [0.29, 0.717) is 0 Å². The lowest BCUT2D eigenvalue weighted by molar-refractivity contribution is 0.432. The summed E-state index contributed by atoms with van der Waals surface area (Å²) in [6.45, 7) is 0. The van der Waals surface area contributed by atoms with E-state index in [-0.39, 0.29) is 23.6 Å². The molecule has 1 aliphatic heterocycles. The van der Waals surface area contributed by atoms with Gasteiger partial charge in [-0.3, -0.25) is 5.32 Å². The number of nitrogens with one attached hydrogen (secondary N) is 1. The van der Waals surface area contributed by atoms with Gasteiger partial charge in [0.1, 0.15) is 11.5 Å². The molecule has 2 atom stereocenters. The summed E-state index contributed by atoms with van der Waals surface area (Å²) in [5.41, 5.74) is 3.95. The highest BCUT2D eigenvalue weighted by Crippen LogP contribution is 2.48. The van der Waals surface area contributed by atoms with Crippen molar-refractivity contribution in [3.05, 3.63) is 95.1 Å². The molecule has 0 radical (unpaired) electrons. The van der Waals surface area contributed by atoms with Crippen molar-refractivity contribution in [3.8, 4) is 11.5 Å². The first-order chi connectivity index (χ1) is 13.2. The van der Waals surface area contributed by atoms with Gasteiger partial charge >= 0.3 is 0 Å². The molecular formula is C24H21NO2. The summed E-state index contributed by atoms with van der Waals surface area (Å²) in [7, 11) is 0. The Hall–Kier alpha value is -3.04. The van der Waals surface area contributed by atoms with E-state index in [1.807, 2.05) is 30.3 Å². The van der Waals surface area contributed by atoms with Crippen LogP contribution in [-0.2, 0) is 0 Å². The van der Waals surface area contributed by atoms with Crippen molar-refractivity contribution in [1.29, 1.82) is 0 Å². The average molecular weight is 355 g/mol. The molecule has 0 spiro atoms. The topological polar surface area (TPSA) is 52.5 Å². The van der Waals surface area contributed by atoms with Gasteiger partial charge in [0.2, 0.25) is 0 Å². The standard InChI is InChI=1S/C24H21NO2/c26-18-13-11-15-12-14-19(27)22-20(15)21(18)23(16-7-3-1-4-8-16)25-24(22)17-9-5-2-6-10-17/h1,3-5,7-14,23-27H,2,6H2/t23-,24?/m0/s1. The zero-order valence-electron chi connectivity index (χ0n) is 14.9. The maximum Gasteiger partial charge on any atom is 0.121 e. The van der Waals surface area contributed by atoms with Crippen molar-refractivity contribution in [3.63, 3.8) is 0 Å². The Labute approximate surface area is 158 Å². The van der Waals surface area contributed by atoms with Crippen LogP contribution in [-0.4, -0.2) is 10.2 Å². The number of aromatic hydroxyl groups is 2. The Morgan fingerprint density at radius 2 is 1.48 bits per heavy atom. The maximum atomic E-state index is 10.7. The van der Waals surface area contributed by atoms with Crippen LogP contribution < -0.4 is 5.32 Å². The molecule has 1 unspecified atom stereocenters. The fourth-order valence-electron chi connectivity index (χ4n) is 4.39. The molecule has 0 aromatic heterocycles. The first kappa shape index (κ1) is 16.2. The summed E-state index contributed by atoms with van der Waals surface area (Å²) in [6.07, 6.45) is 8.63. The maximum absolute atomic E-state index is 10.7. The number of benzene rings is 3. The first-order valence-corrected chi connectivity index (χ1v) is 9.39. The predicted molar refractivity (Wildman–Crippen MR) is 108 cm³/mol. The monoisotopic (exact) mass is 355 g/mol. The van der Waals surface area contributed by atoms with Gasteiger partial charge in [-0.1, -0.05) is 60.7 Å². The Balaban J connectivity index is 1.83. The second-order valence-electron chi connectivity index (χ2n) is 7.22. The van der Waals surface area contributed by atoms with E-state index < -0.39 is 0 Å². The average Bonchev–Trinajstić information content (AvgIpc) is 2.73. The van der Waals surface area contributed by atoms with Crippen LogP contribution in [0.4, 0.5) is 0 Å². The Kier molecular flexibility index (Phi) is 3.76. The van der Waals surface area contributed by atoms with Crippen LogP contribution in [0, 0.1) is 0 Å². The van der Waals surface area contributed by atoms with E-state index in [1.54, 1.807) is 12.1 Å². The third-order valence-corrected chi connectivity index (χ3v) is 5.62. The zero-order chi connectivity index (χ0) is 18.4. The molecule has 134 valence electrons. The van der Waals surface area contributed by atoms with Gasteiger partial charge in [-0.15, -0.1) is 0 Å². The second kappa shape index (κ2) is 6.29. The molecule has 0 fully saturated rings. The summed E-state index contributed by atoms with van der Waals surface area (Å²) < 4.78 is 0. The van der Waals surface area contributed by atoms with Crippen molar-refractivity contribution in [2.75, 3.05) is 0 Å². The molecule has 0 saturated heterocycles.